The third-order valence-corrected chi connectivity index (χ3v) is 3.67. The molecule has 20 heavy (non-hydrogen) atoms. The minimum Gasteiger partial charge on any atom is -0.493 e. The Hall–Kier alpha value is -2.12. The second-order valence-corrected chi connectivity index (χ2v) is 5.39. The van der Waals surface area contributed by atoms with E-state index in [0.29, 0.717) is 17.9 Å². The number of thioether (sulfide) groups is 1. The van der Waals surface area contributed by atoms with Crippen LogP contribution in [0.4, 0.5) is 5.69 Å². The van der Waals surface area contributed by atoms with Gasteiger partial charge in [0, 0.05) is 23.3 Å². The molecule has 2 aromatic carbocycles. The predicted octanol–water partition coefficient (Wildman–Crippen LogP) is 3.45. The van der Waals surface area contributed by atoms with Gasteiger partial charge in [0.15, 0.2) is 0 Å². The molecule has 0 spiro atoms. The maximum atomic E-state index is 8.83. The number of nitriles is 1. The summed E-state index contributed by atoms with van der Waals surface area (Å²) in [5, 5.41) is 8.83. The van der Waals surface area contributed by atoms with Crippen molar-refractivity contribution in [2.45, 2.75) is 5.75 Å². The average Bonchev–Trinajstić information content (AvgIpc) is 2.47. The zero-order valence-corrected chi connectivity index (χ0v) is 11.9. The van der Waals surface area contributed by atoms with E-state index in [1.54, 1.807) is 11.8 Å². The lowest BCUT2D eigenvalue weighted by atomic mass is 10.2. The first kappa shape index (κ1) is 14.3. The normalized spacial score (nSPS) is 9.95. The van der Waals surface area contributed by atoms with Gasteiger partial charge in [-0.05, 0) is 29.8 Å². The molecule has 0 aromatic heterocycles. The van der Waals surface area contributed by atoms with Crippen molar-refractivity contribution in [2.75, 3.05) is 18.1 Å². The lowest BCUT2D eigenvalue weighted by Gasteiger charge is -2.06. The highest BCUT2D eigenvalue weighted by Crippen LogP contribution is 2.16. The van der Waals surface area contributed by atoms with E-state index in [0.717, 1.165) is 22.8 Å². The molecule has 0 heterocycles. The van der Waals surface area contributed by atoms with Gasteiger partial charge in [0.1, 0.15) is 5.75 Å². The first-order chi connectivity index (χ1) is 9.78. The van der Waals surface area contributed by atoms with Gasteiger partial charge in [-0.15, -0.1) is 0 Å². The molecule has 0 atom stereocenters. The summed E-state index contributed by atoms with van der Waals surface area (Å²) in [4.78, 5) is 0. The van der Waals surface area contributed by atoms with Gasteiger partial charge >= 0.3 is 0 Å². The van der Waals surface area contributed by atoms with Gasteiger partial charge in [-0.1, -0.05) is 18.2 Å². The molecule has 0 fully saturated rings. The largest absolute Gasteiger partial charge is 0.493 e. The van der Waals surface area contributed by atoms with Crippen molar-refractivity contribution in [3.8, 4) is 11.8 Å². The van der Waals surface area contributed by atoms with Crippen LogP contribution in [0.3, 0.4) is 0 Å². The molecule has 2 N–H and O–H groups in total. The van der Waals surface area contributed by atoms with Crippen LogP contribution in [-0.4, -0.2) is 12.4 Å². The molecule has 0 amide bonds. The number of nitrogens with two attached hydrogens (primary N) is 1. The van der Waals surface area contributed by atoms with E-state index in [-0.39, 0.29) is 0 Å². The molecule has 2 aromatic rings. The molecule has 0 radical (unpaired) electrons. The molecule has 0 saturated heterocycles. The molecular weight excluding hydrogens is 268 g/mol. The second kappa shape index (κ2) is 7.46. The summed E-state index contributed by atoms with van der Waals surface area (Å²) in [6.07, 6.45) is 0. The first-order valence-electron chi connectivity index (χ1n) is 6.33. The first-order valence-corrected chi connectivity index (χ1v) is 7.48. The van der Waals surface area contributed by atoms with Crippen molar-refractivity contribution < 1.29 is 4.74 Å². The number of ether oxygens (including phenoxy) is 1. The van der Waals surface area contributed by atoms with Crippen LogP contribution >= 0.6 is 11.8 Å². The van der Waals surface area contributed by atoms with Gasteiger partial charge in [0.25, 0.3) is 0 Å². The van der Waals surface area contributed by atoms with Gasteiger partial charge < -0.3 is 10.5 Å². The highest BCUT2D eigenvalue weighted by atomic mass is 32.2. The summed E-state index contributed by atoms with van der Waals surface area (Å²) in [6, 6.07) is 17.3. The summed E-state index contributed by atoms with van der Waals surface area (Å²) in [5.74, 6) is 2.58. The van der Waals surface area contributed by atoms with E-state index in [1.165, 1.54) is 0 Å². The molecule has 0 aliphatic rings. The molecule has 0 unspecified atom stereocenters. The van der Waals surface area contributed by atoms with Gasteiger partial charge in [0.05, 0.1) is 18.2 Å². The summed E-state index contributed by atoms with van der Waals surface area (Å²) in [5.41, 5.74) is 8.26. The number of hydrogen-bond acceptors (Lipinski definition) is 4. The topological polar surface area (TPSA) is 59.0 Å². The van der Waals surface area contributed by atoms with Gasteiger partial charge in [0.2, 0.25) is 0 Å². The van der Waals surface area contributed by atoms with Crippen LogP contribution in [0.1, 0.15) is 11.1 Å². The lowest BCUT2D eigenvalue weighted by Crippen LogP contribution is -2.00. The van der Waals surface area contributed by atoms with Crippen LogP contribution in [0.25, 0.3) is 0 Å². The summed E-state index contributed by atoms with van der Waals surface area (Å²) in [7, 11) is 0. The maximum Gasteiger partial charge on any atom is 0.121 e. The van der Waals surface area contributed by atoms with Crippen LogP contribution in [0.5, 0.6) is 5.75 Å². The minimum atomic E-state index is 0.645. The van der Waals surface area contributed by atoms with Crippen LogP contribution in [-0.2, 0) is 5.75 Å². The smallest absolute Gasteiger partial charge is 0.121 e. The fourth-order valence-corrected chi connectivity index (χ4v) is 2.50. The molecule has 2 rings (SSSR count). The third-order valence-electron chi connectivity index (χ3n) is 2.68. The van der Waals surface area contributed by atoms with Gasteiger partial charge in [-0.2, -0.15) is 17.0 Å². The van der Waals surface area contributed by atoms with Crippen molar-refractivity contribution in [3.63, 3.8) is 0 Å². The van der Waals surface area contributed by atoms with Crippen LogP contribution < -0.4 is 10.5 Å². The van der Waals surface area contributed by atoms with E-state index in [2.05, 4.69) is 6.07 Å². The minimum absolute atomic E-state index is 0.645. The highest BCUT2D eigenvalue weighted by Gasteiger charge is 1.97. The van der Waals surface area contributed by atoms with Crippen molar-refractivity contribution in [2.24, 2.45) is 0 Å². The fourth-order valence-electron chi connectivity index (χ4n) is 1.74. The van der Waals surface area contributed by atoms with Crippen molar-refractivity contribution in [3.05, 3.63) is 59.7 Å². The van der Waals surface area contributed by atoms with E-state index in [4.69, 9.17) is 15.7 Å². The Labute approximate surface area is 123 Å². The molecule has 0 aliphatic heterocycles. The third kappa shape index (κ3) is 4.52. The molecule has 0 bridgehead atoms. The summed E-state index contributed by atoms with van der Waals surface area (Å²) < 4.78 is 5.62. The maximum absolute atomic E-state index is 8.83. The molecule has 3 nitrogen and oxygen atoms in total. The van der Waals surface area contributed by atoms with Crippen LogP contribution in [0.15, 0.2) is 48.5 Å². The Balaban J connectivity index is 1.70. The van der Waals surface area contributed by atoms with E-state index in [9.17, 15) is 0 Å². The second-order valence-electron chi connectivity index (χ2n) is 4.29. The van der Waals surface area contributed by atoms with E-state index in [1.807, 2.05) is 48.5 Å². The van der Waals surface area contributed by atoms with Gasteiger partial charge in [-0.25, -0.2) is 0 Å². The number of hydrogen-bond donors (Lipinski definition) is 1. The fraction of sp³-hybridized carbons (Fsp3) is 0.188. The highest BCUT2D eigenvalue weighted by molar-refractivity contribution is 7.98. The Morgan fingerprint density at radius 3 is 2.80 bits per heavy atom. The van der Waals surface area contributed by atoms with Crippen LogP contribution in [0.2, 0.25) is 0 Å². The van der Waals surface area contributed by atoms with E-state index < -0.39 is 0 Å². The Morgan fingerprint density at radius 1 is 1.15 bits per heavy atom. The molecular formula is C16H16N2OS. The van der Waals surface area contributed by atoms with Gasteiger partial charge in [-0.3, -0.25) is 0 Å². The molecule has 0 aliphatic carbocycles. The number of rotatable bonds is 6. The zero-order valence-electron chi connectivity index (χ0n) is 11.1. The van der Waals surface area contributed by atoms with Crippen molar-refractivity contribution in [1.29, 1.82) is 5.26 Å². The number of nitrogen functional groups attached to an aromatic ring is 1. The average molecular weight is 284 g/mol. The molecule has 4 heteroatoms. The van der Waals surface area contributed by atoms with Crippen molar-refractivity contribution >= 4 is 17.4 Å². The SMILES string of the molecule is N#Cc1cccc(CSCCOc2cccc(N)c2)c1. The zero-order chi connectivity index (χ0) is 14.2. The van der Waals surface area contributed by atoms with E-state index >= 15 is 0 Å². The predicted molar refractivity (Wildman–Crippen MR) is 83.7 cm³/mol. The number of nitrogens with zero attached hydrogens (tertiary/aromatic N) is 1. The Morgan fingerprint density at radius 2 is 2.00 bits per heavy atom. The van der Waals surface area contributed by atoms with Crippen LogP contribution in [0, 0.1) is 11.3 Å². The standard InChI is InChI=1S/C16H16N2OS/c17-11-13-3-1-4-14(9-13)12-20-8-7-19-16-6-2-5-15(18)10-16/h1-6,9-10H,7-8,12,18H2. The monoisotopic (exact) mass is 284 g/mol. The molecule has 102 valence electrons. The lowest BCUT2D eigenvalue weighted by molar-refractivity contribution is 0.344. The Bertz CT molecular complexity index is 607. The summed E-state index contributed by atoms with van der Waals surface area (Å²) in [6.45, 7) is 0.645. The number of benzene rings is 2. The summed E-state index contributed by atoms with van der Waals surface area (Å²) >= 11 is 1.78. The quantitative estimate of drug-likeness (QED) is 0.652. The Kier molecular flexibility index (Phi) is 5.33. The number of anilines is 1. The van der Waals surface area contributed by atoms with Crippen molar-refractivity contribution in [1.82, 2.24) is 0 Å². The molecule has 0 saturated carbocycles.